The number of carboxylic acid groups (broad SMARTS) is 1. The summed E-state index contributed by atoms with van der Waals surface area (Å²) < 4.78 is 18.9. The van der Waals surface area contributed by atoms with Crippen molar-refractivity contribution in [2.24, 2.45) is 5.41 Å². The van der Waals surface area contributed by atoms with Gasteiger partial charge in [0.05, 0.1) is 35.1 Å². The van der Waals surface area contributed by atoms with Gasteiger partial charge in [-0.2, -0.15) is 0 Å². The largest absolute Gasteiger partial charge is 0.491 e. The van der Waals surface area contributed by atoms with Gasteiger partial charge in [0.1, 0.15) is 17.2 Å². The van der Waals surface area contributed by atoms with Gasteiger partial charge in [0.25, 0.3) is 0 Å². The fourth-order valence-corrected chi connectivity index (χ4v) is 7.08. The van der Waals surface area contributed by atoms with E-state index in [1.165, 1.54) is 6.20 Å². The van der Waals surface area contributed by atoms with Crippen LogP contribution in [0.4, 0.5) is 0 Å². The van der Waals surface area contributed by atoms with E-state index in [1.807, 2.05) is 18.2 Å². The third-order valence-electron chi connectivity index (χ3n) is 9.21. The first kappa shape index (κ1) is 26.7. The molecule has 3 aromatic heterocycles. The molecule has 10 heteroatoms. The summed E-state index contributed by atoms with van der Waals surface area (Å²) in [6, 6.07) is 7.36. The molecule has 4 aromatic rings. The first-order valence-corrected chi connectivity index (χ1v) is 14.8. The number of benzene rings is 1. The van der Waals surface area contributed by atoms with Crippen LogP contribution in [-0.2, 0) is 11.3 Å². The SMILES string of the molecule is O=C(O)c1ncc(OCC23CCC(OCc4c(-c5c(Cl)cncc5Cl)noc4C4CC4)(CC2)CC3)c2ccccc12. The molecule has 8 nitrogen and oxygen atoms in total. The molecular weight excluding hydrogens is 565 g/mol. The van der Waals surface area contributed by atoms with Crippen LogP contribution in [0.5, 0.6) is 5.75 Å². The normalized spacial score (nSPS) is 23.7. The van der Waals surface area contributed by atoms with Crippen LogP contribution in [0.25, 0.3) is 22.0 Å². The Morgan fingerprint density at radius 1 is 1.00 bits per heavy atom. The zero-order chi connectivity index (χ0) is 28.2. The second-order valence-electron chi connectivity index (χ2n) is 11.7. The minimum absolute atomic E-state index is 0.0395. The molecule has 0 atom stereocenters. The fraction of sp³-hybridized carbons (Fsp3) is 0.419. The Kier molecular flexibility index (Phi) is 6.68. The standard InChI is InChI=1S/C31H29Cl2N3O5/c32-22-13-34-14-23(33)25(22)26-21(28(41-36-26)18-5-6-18)16-40-31-10-7-30(8-11-31,9-12-31)17-39-24-15-35-27(29(37)38)20-4-2-1-3-19(20)24/h1-4,13-15,18H,5-12,16-17H2,(H,37,38). The van der Waals surface area contributed by atoms with Crippen molar-refractivity contribution >= 4 is 39.9 Å². The van der Waals surface area contributed by atoms with Crippen molar-refractivity contribution in [3.05, 3.63) is 69.9 Å². The van der Waals surface area contributed by atoms with E-state index in [0.29, 0.717) is 51.6 Å². The zero-order valence-electron chi connectivity index (χ0n) is 22.4. The van der Waals surface area contributed by atoms with Crippen LogP contribution in [0.3, 0.4) is 0 Å². The van der Waals surface area contributed by atoms with Gasteiger partial charge in [0, 0.05) is 45.6 Å². The van der Waals surface area contributed by atoms with Gasteiger partial charge in [-0.15, -0.1) is 0 Å². The average molecular weight is 594 g/mol. The van der Waals surface area contributed by atoms with Crippen LogP contribution in [0, 0.1) is 5.41 Å². The molecule has 0 unspecified atom stereocenters. The lowest BCUT2D eigenvalue weighted by molar-refractivity contribution is -0.150. The van der Waals surface area contributed by atoms with Crippen molar-refractivity contribution in [1.29, 1.82) is 0 Å². The van der Waals surface area contributed by atoms with Gasteiger partial charge in [0.2, 0.25) is 0 Å². The smallest absolute Gasteiger partial charge is 0.355 e. The van der Waals surface area contributed by atoms with Gasteiger partial charge in [-0.1, -0.05) is 52.6 Å². The second kappa shape index (κ2) is 10.3. The number of rotatable bonds is 9. The molecule has 0 amide bonds. The highest BCUT2D eigenvalue weighted by molar-refractivity contribution is 6.38. The van der Waals surface area contributed by atoms with Crippen LogP contribution >= 0.6 is 23.2 Å². The molecule has 0 aliphatic heterocycles. The molecule has 0 radical (unpaired) electrons. The molecule has 212 valence electrons. The highest BCUT2D eigenvalue weighted by Gasteiger charge is 2.50. The molecule has 1 N–H and O–H groups in total. The number of halogens is 2. The topological polar surface area (TPSA) is 108 Å². The molecule has 2 bridgehead atoms. The third-order valence-corrected chi connectivity index (χ3v) is 9.78. The number of hydrogen-bond acceptors (Lipinski definition) is 7. The number of nitrogens with zero attached hydrogens (tertiary/aromatic N) is 3. The number of carboxylic acids is 1. The van der Waals surface area contributed by atoms with Gasteiger partial charge in [-0.3, -0.25) is 4.98 Å². The highest BCUT2D eigenvalue weighted by Crippen LogP contribution is 2.55. The lowest BCUT2D eigenvalue weighted by Crippen LogP contribution is -2.49. The van der Waals surface area contributed by atoms with E-state index < -0.39 is 5.97 Å². The summed E-state index contributed by atoms with van der Waals surface area (Å²) in [5.41, 5.74) is 2.13. The minimum atomic E-state index is -1.04. The zero-order valence-corrected chi connectivity index (χ0v) is 23.9. The highest BCUT2D eigenvalue weighted by atomic mass is 35.5. The number of hydrogen-bond donors (Lipinski definition) is 1. The number of aromatic nitrogens is 3. The summed E-state index contributed by atoms with van der Waals surface area (Å²) in [6.07, 6.45) is 12.7. The van der Waals surface area contributed by atoms with E-state index in [-0.39, 0.29) is 16.7 Å². The Morgan fingerprint density at radius 2 is 1.68 bits per heavy atom. The second-order valence-corrected chi connectivity index (χ2v) is 12.5. The minimum Gasteiger partial charge on any atom is -0.491 e. The Morgan fingerprint density at radius 3 is 2.34 bits per heavy atom. The summed E-state index contributed by atoms with van der Waals surface area (Å²) >= 11 is 13.0. The van der Waals surface area contributed by atoms with Gasteiger partial charge < -0.3 is 19.1 Å². The van der Waals surface area contributed by atoms with E-state index in [4.69, 9.17) is 37.2 Å². The van der Waals surface area contributed by atoms with Crippen molar-refractivity contribution in [1.82, 2.24) is 15.1 Å². The van der Waals surface area contributed by atoms with Crippen molar-refractivity contribution in [3.8, 4) is 17.0 Å². The number of fused-ring (bicyclic) bond motifs is 4. The maximum absolute atomic E-state index is 11.6. The fourth-order valence-electron chi connectivity index (χ4n) is 6.53. The number of carbonyl (C=O) groups is 1. The first-order chi connectivity index (χ1) is 19.9. The van der Waals surface area contributed by atoms with Gasteiger partial charge in [-0.05, 0) is 51.4 Å². The predicted octanol–water partition coefficient (Wildman–Crippen LogP) is 7.86. The van der Waals surface area contributed by atoms with Gasteiger partial charge in [0.15, 0.2) is 5.69 Å². The van der Waals surface area contributed by atoms with Crippen molar-refractivity contribution in [2.45, 2.75) is 69.5 Å². The Balaban J connectivity index is 1.05. The number of ether oxygens (including phenoxy) is 2. The Bertz CT molecular complexity index is 1610. The molecule has 4 fully saturated rings. The molecule has 4 saturated carbocycles. The van der Waals surface area contributed by atoms with E-state index in [2.05, 4.69) is 15.1 Å². The molecule has 4 aliphatic rings. The van der Waals surface area contributed by atoms with E-state index in [9.17, 15) is 9.90 Å². The van der Waals surface area contributed by atoms with Crippen molar-refractivity contribution in [3.63, 3.8) is 0 Å². The lowest BCUT2D eigenvalue weighted by atomic mass is 9.59. The molecule has 3 heterocycles. The Hall–Kier alpha value is -3.20. The molecule has 0 saturated heterocycles. The van der Waals surface area contributed by atoms with Gasteiger partial charge in [-0.25, -0.2) is 9.78 Å². The van der Waals surface area contributed by atoms with Crippen LogP contribution < -0.4 is 4.74 Å². The summed E-state index contributed by atoms with van der Waals surface area (Å²) in [5.74, 6) is 0.824. The van der Waals surface area contributed by atoms with Crippen LogP contribution in [0.15, 0.2) is 47.4 Å². The predicted molar refractivity (Wildman–Crippen MR) is 154 cm³/mol. The monoisotopic (exact) mass is 593 g/mol. The maximum Gasteiger partial charge on any atom is 0.355 e. The molecule has 8 rings (SSSR count). The molecule has 0 spiro atoms. The first-order valence-electron chi connectivity index (χ1n) is 14.0. The Labute approximate surface area is 247 Å². The van der Waals surface area contributed by atoms with E-state index in [1.54, 1.807) is 18.5 Å². The van der Waals surface area contributed by atoms with Crippen LogP contribution in [0.1, 0.15) is 79.1 Å². The summed E-state index contributed by atoms with van der Waals surface area (Å²) in [6.45, 7) is 0.971. The quantitative estimate of drug-likeness (QED) is 0.209. The van der Waals surface area contributed by atoms with Gasteiger partial charge >= 0.3 is 5.97 Å². The summed E-state index contributed by atoms with van der Waals surface area (Å²) in [5, 5.41) is 16.1. The summed E-state index contributed by atoms with van der Waals surface area (Å²) in [4.78, 5) is 19.9. The van der Waals surface area contributed by atoms with E-state index in [0.717, 1.165) is 68.1 Å². The summed E-state index contributed by atoms with van der Waals surface area (Å²) in [7, 11) is 0. The van der Waals surface area contributed by atoms with Crippen LogP contribution in [0.2, 0.25) is 10.0 Å². The third kappa shape index (κ3) is 4.86. The van der Waals surface area contributed by atoms with Crippen molar-refractivity contribution < 1.29 is 23.9 Å². The molecular formula is C31H29Cl2N3O5. The lowest BCUT2D eigenvalue weighted by Gasteiger charge is -2.52. The molecule has 1 aromatic carbocycles. The number of aromatic carboxylic acids is 1. The van der Waals surface area contributed by atoms with E-state index >= 15 is 0 Å². The molecule has 4 aliphatic carbocycles. The molecule has 41 heavy (non-hydrogen) atoms. The average Bonchev–Trinajstić information content (AvgIpc) is 3.75. The number of pyridine rings is 2. The van der Waals surface area contributed by atoms with Crippen molar-refractivity contribution in [2.75, 3.05) is 6.61 Å². The maximum atomic E-state index is 11.6. The van der Waals surface area contributed by atoms with Crippen LogP contribution in [-0.4, -0.2) is 38.4 Å².